The van der Waals surface area contributed by atoms with E-state index in [-0.39, 0.29) is 23.9 Å². The number of rotatable bonds is 5. The molecule has 0 bridgehead atoms. The van der Waals surface area contributed by atoms with E-state index in [2.05, 4.69) is 100 Å². The maximum Gasteiger partial charge on any atom is 0.240 e. The summed E-state index contributed by atoms with van der Waals surface area (Å²) in [5.41, 5.74) is 3.88. The van der Waals surface area contributed by atoms with Crippen LogP contribution in [0.4, 0.5) is 0 Å². The Morgan fingerprint density at radius 3 is 1.84 bits per heavy atom. The maximum atomic E-state index is 13.4. The number of carbonyl (C=O) groups is 1. The molecular formula is C28H31N3O. The van der Waals surface area contributed by atoms with E-state index in [1.165, 1.54) is 16.7 Å². The van der Waals surface area contributed by atoms with E-state index in [0.29, 0.717) is 0 Å². The second kappa shape index (κ2) is 9.68. The Kier molecular flexibility index (Phi) is 6.33. The predicted molar refractivity (Wildman–Crippen MR) is 128 cm³/mol. The van der Waals surface area contributed by atoms with Crippen LogP contribution in [-0.2, 0) is 4.79 Å². The van der Waals surface area contributed by atoms with Crippen LogP contribution < -0.4 is 5.32 Å². The van der Waals surface area contributed by atoms with Gasteiger partial charge in [-0.15, -0.1) is 0 Å². The molecule has 5 rings (SSSR count). The van der Waals surface area contributed by atoms with Crippen molar-refractivity contribution in [3.05, 3.63) is 108 Å². The molecule has 0 radical (unpaired) electrons. The fraction of sp³-hybridized carbons (Fsp3) is 0.321. The Bertz CT molecular complexity index is 961. The van der Waals surface area contributed by atoms with Crippen LogP contribution in [0.15, 0.2) is 91.0 Å². The maximum absolute atomic E-state index is 13.4. The van der Waals surface area contributed by atoms with E-state index in [0.717, 1.165) is 39.1 Å². The van der Waals surface area contributed by atoms with Gasteiger partial charge in [0.15, 0.2) is 0 Å². The molecule has 1 N–H and O–H groups in total. The van der Waals surface area contributed by atoms with E-state index < -0.39 is 0 Å². The molecule has 2 fully saturated rings. The standard InChI is InChI=1S/C28H31N3O/c32-28(26-25(16-17-29-26)22-10-4-1-5-11-22)31-20-18-30(19-21-31)27(23-12-6-2-7-13-23)24-14-8-3-9-15-24/h1-15,25-27,29H,16-21H2/t25-,26+/m1/s1. The third kappa shape index (κ3) is 4.34. The SMILES string of the molecule is O=C([C@H]1NCC[C@@H]1c1ccccc1)N1CCN(C(c2ccccc2)c2ccccc2)CC1. The second-order valence-corrected chi connectivity index (χ2v) is 8.82. The zero-order valence-corrected chi connectivity index (χ0v) is 18.4. The number of hydrogen-bond donors (Lipinski definition) is 1. The van der Waals surface area contributed by atoms with Crippen molar-refractivity contribution in [2.45, 2.75) is 24.4 Å². The van der Waals surface area contributed by atoms with Crippen molar-refractivity contribution < 1.29 is 4.79 Å². The molecule has 1 amide bonds. The highest BCUT2D eigenvalue weighted by Crippen LogP contribution is 2.31. The average molecular weight is 426 g/mol. The summed E-state index contributed by atoms with van der Waals surface area (Å²) in [6, 6.07) is 32.0. The van der Waals surface area contributed by atoms with Gasteiger partial charge < -0.3 is 10.2 Å². The molecule has 0 unspecified atom stereocenters. The Morgan fingerprint density at radius 2 is 1.28 bits per heavy atom. The Balaban J connectivity index is 1.29. The zero-order chi connectivity index (χ0) is 21.8. The molecule has 2 aliphatic rings. The largest absolute Gasteiger partial charge is 0.339 e. The Hall–Kier alpha value is -2.95. The first-order chi connectivity index (χ1) is 15.8. The van der Waals surface area contributed by atoms with Crippen molar-refractivity contribution in [1.29, 1.82) is 0 Å². The fourth-order valence-corrected chi connectivity index (χ4v) is 5.30. The van der Waals surface area contributed by atoms with Gasteiger partial charge in [0.05, 0.1) is 12.1 Å². The molecule has 0 aromatic heterocycles. The fourth-order valence-electron chi connectivity index (χ4n) is 5.30. The lowest BCUT2D eigenvalue weighted by Gasteiger charge is -2.41. The minimum absolute atomic E-state index is 0.108. The number of nitrogens with one attached hydrogen (secondary N) is 1. The molecule has 0 spiro atoms. The minimum atomic E-state index is -0.108. The highest BCUT2D eigenvalue weighted by atomic mass is 16.2. The molecule has 2 atom stereocenters. The summed E-state index contributed by atoms with van der Waals surface area (Å²) < 4.78 is 0. The van der Waals surface area contributed by atoms with Gasteiger partial charge in [0.2, 0.25) is 5.91 Å². The molecular weight excluding hydrogens is 394 g/mol. The van der Waals surface area contributed by atoms with Crippen LogP contribution in [-0.4, -0.2) is 54.5 Å². The van der Waals surface area contributed by atoms with Gasteiger partial charge in [-0.05, 0) is 29.7 Å². The van der Waals surface area contributed by atoms with Crippen LogP contribution >= 0.6 is 0 Å². The number of piperazine rings is 1. The minimum Gasteiger partial charge on any atom is -0.339 e. The highest BCUT2D eigenvalue weighted by molar-refractivity contribution is 5.83. The van der Waals surface area contributed by atoms with Crippen LogP contribution in [0, 0.1) is 0 Å². The predicted octanol–water partition coefficient (Wildman–Crippen LogP) is 4.07. The van der Waals surface area contributed by atoms with Crippen LogP contribution in [0.1, 0.15) is 35.1 Å². The number of amides is 1. The van der Waals surface area contributed by atoms with Gasteiger partial charge in [-0.3, -0.25) is 9.69 Å². The first-order valence-electron chi connectivity index (χ1n) is 11.7. The number of hydrogen-bond acceptors (Lipinski definition) is 3. The van der Waals surface area contributed by atoms with Crippen molar-refractivity contribution in [1.82, 2.24) is 15.1 Å². The molecule has 3 aromatic carbocycles. The molecule has 2 aliphatic heterocycles. The van der Waals surface area contributed by atoms with Gasteiger partial charge in [-0.1, -0.05) is 91.0 Å². The van der Waals surface area contributed by atoms with Gasteiger partial charge in [0, 0.05) is 32.1 Å². The smallest absolute Gasteiger partial charge is 0.240 e. The zero-order valence-electron chi connectivity index (χ0n) is 18.4. The lowest BCUT2D eigenvalue weighted by atomic mass is 9.91. The molecule has 0 saturated carbocycles. The molecule has 0 aliphatic carbocycles. The summed E-state index contributed by atoms with van der Waals surface area (Å²) in [4.78, 5) is 18.0. The van der Waals surface area contributed by atoms with Crippen LogP contribution in [0.5, 0.6) is 0 Å². The third-order valence-corrected chi connectivity index (χ3v) is 6.94. The first-order valence-corrected chi connectivity index (χ1v) is 11.7. The second-order valence-electron chi connectivity index (χ2n) is 8.82. The molecule has 32 heavy (non-hydrogen) atoms. The topological polar surface area (TPSA) is 35.6 Å². The number of nitrogens with zero attached hydrogens (tertiary/aromatic N) is 2. The Labute approximate surface area is 190 Å². The summed E-state index contributed by atoms with van der Waals surface area (Å²) >= 11 is 0. The van der Waals surface area contributed by atoms with Gasteiger partial charge in [0.25, 0.3) is 0 Å². The molecule has 2 heterocycles. The third-order valence-electron chi connectivity index (χ3n) is 6.94. The number of benzene rings is 3. The molecule has 2 saturated heterocycles. The summed E-state index contributed by atoms with van der Waals surface area (Å²) in [5, 5.41) is 3.48. The molecule has 164 valence electrons. The van der Waals surface area contributed by atoms with E-state index in [9.17, 15) is 4.79 Å². The van der Waals surface area contributed by atoms with E-state index >= 15 is 0 Å². The van der Waals surface area contributed by atoms with Gasteiger partial charge >= 0.3 is 0 Å². The summed E-state index contributed by atoms with van der Waals surface area (Å²) in [6.07, 6.45) is 1.02. The van der Waals surface area contributed by atoms with Crippen molar-refractivity contribution >= 4 is 5.91 Å². The monoisotopic (exact) mass is 425 g/mol. The normalized spacial score (nSPS) is 21.7. The van der Waals surface area contributed by atoms with Gasteiger partial charge in [0.1, 0.15) is 0 Å². The molecule has 4 heteroatoms. The van der Waals surface area contributed by atoms with E-state index in [1.54, 1.807) is 0 Å². The van der Waals surface area contributed by atoms with Gasteiger partial charge in [-0.25, -0.2) is 0 Å². The van der Waals surface area contributed by atoms with E-state index in [1.807, 2.05) is 6.07 Å². The lowest BCUT2D eigenvalue weighted by molar-refractivity contribution is -0.135. The lowest BCUT2D eigenvalue weighted by Crippen LogP contribution is -2.54. The highest BCUT2D eigenvalue weighted by Gasteiger charge is 2.37. The van der Waals surface area contributed by atoms with Crippen molar-refractivity contribution in [2.24, 2.45) is 0 Å². The molecule has 4 nitrogen and oxygen atoms in total. The van der Waals surface area contributed by atoms with Crippen molar-refractivity contribution in [3.8, 4) is 0 Å². The van der Waals surface area contributed by atoms with Crippen molar-refractivity contribution in [2.75, 3.05) is 32.7 Å². The van der Waals surface area contributed by atoms with Crippen LogP contribution in [0.2, 0.25) is 0 Å². The van der Waals surface area contributed by atoms with Crippen molar-refractivity contribution in [3.63, 3.8) is 0 Å². The van der Waals surface area contributed by atoms with Crippen LogP contribution in [0.25, 0.3) is 0 Å². The first kappa shape index (κ1) is 20.9. The summed E-state index contributed by atoms with van der Waals surface area (Å²) in [7, 11) is 0. The summed E-state index contributed by atoms with van der Waals surface area (Å²) in [5.74, 6) is 0.523. The quantitative estimate of drug-likeness (QED) is 0.670. The molecule has 3 aromatic rings. The summed E-state index contributed by atoms with van der Waals surface area (Å²) in [6.45, 7) is 4.20. The van der Waals surface area contributed by atoms with Crippen LogP contribution in [0.3, 0.4) is 0 Å². The Morgan fingerprint density at radius 1 is 0.750 bits per heavy atom. The number of carbonyl (C=O) groups excluding carboxylic acids is 1. The van der Waals surface area contributed by atoms with E-state index in [4.69, 9.17) is 0 Å². The average Bonchev–Trinajstić information content (AvgIpc) is 3.36. The van der Waals surface area contributed by atoms with Gasteiger partial charge in [-0.2, -0.15) is 0 Å².